The number of nitrogen functional groups attached to an aromatic ring is 1. The Labute approximate surface area is 152 Å². The first-order valence-electron chi connectivity index (χ1n) is 7.37. The number of nitrogens with one attached hydrogen (secondary N) is 1. The van der Waals surface area contributed by atoms with Gasteiger partial charge >= 0.3 is 0 Å². The number of benzene rings is 1. The maximum Gasteiger partial charge on any atom is 0.261 e. The number of oxime groups is 1. The third-order valence-electron chi connectivity index (χ3n) is 3.39. The van der Waals surface area contributed by atoms with Crippen molar-refractivity contribution >= 4 is 50.7 Å². The molecule has 2 aromatic heterocycles. The van der Waals surface area contributed by atoms with Crippen molar-refractivity contribution in [3.63, 3.8) is 0 Å². The number of hydrogen-bond acceptors (Lipinski definition) is 7. The van der Waals surface area contributed by atoms with Crippen LogP contribution >= 0.6 is 22.9 Å². The lowest BCUT2D eigenvalue weighted by Gasteiger charge is -2.06. The Bertz CT molecular complexity index is 986. The summed E-state index contributed by atoms with van der Waals surface area (Å²) in [6.07, 6.45) is 0. The van der Waals surface area contributed by atoms with Gasteiger partial charge < -0.3 is 16.3 Å². The lowest BCUT2D eigenvalue weighted by molar-refractivity contribution is 0.0960. The van der Waals surface area contributed by atoms with E-state index >= 15 is 0 Å². The van der Waals surface area contributed by atoms with Gasteiger partial charge in [-0.15, -0.1) is 11.3 Å². The van der Waals surface area contributed by atoms with E-state index in [1.807, 2.05) is 6.92 Å². The number of carbonyl (C=O) groups excluding carboxylic acids is 1. The Morgan fingerprint density at radius 1 is 1.40 bits per heavy atom. The third-order valence-corrected chi connectivity index (χ3v) is 4.66. The Balaban J connectivity index is 2.19. The second-order valence-corrected chi connectivity index (χ2v) is 6.55. The molecular weight excluding hydrogens is 362 g/mol. The lowest BCUT2D eigenvalue weighted by Crippen LogP contribution is -2.21. The smallest absolute Gasteiger partial charge is 0.261 e. The van der Waals surface area contributed by atoms with Crippen LogP contribution in [0.3, 0.4) is 0 Å². The molecule has 0 saturated carbocycles. The first kappa shape index (κ1) is 17.1. The summed E-state index contributed by atoms with van der Waals surface area (Å²) in [4.78, 5) is 21.5. The minimum Gasteiger partial charge on any atom is -0.410 e. The van der Waals surface area contributed by atoms with Crippen LogP contribution in [0.4, 0.5) is 5.95 Å². The second-order valence-electron chi connectivity index (χ2n) is 5.08. The maximum atomic E-state index is 12.1. The summed E-state index contributed by atoms with van der Waals surface area (Å²) in [7, 11) is 0. The molecule has 0 fully saturated rings. The van der Waals surface area contributed by atoms with Crippen LogP contribution in [0.1, 0.15) is 27.9 Å². The number of rotatable bonds is 4. The average Bonchev–Trinajstić information content (AvgIpc) is 3.00. The SMILES string of the molecule is CCNC(=O)c1cc2c(/C(=N\O)c3cccc(Cl)c3)nc(N)nc2s1. The van der Waals surface area contributed by atoms with Crippen LogP contribution in [-0.2, 0) is 0 Å². The van der Waals surface area contributed by atoms with Crippen LogP contribution in [0.15, 0.2) is 35.5 Å². The van der Waals surface area contributed by atoms with Crippen molar-refractivity contribution in [3.8, 4) is 0 Å². The zero-order valence-corrected chi connectivity index (χ0v) is 14.7. The van der Waals surface area contributed by atoms with E-state index in [9.17, 15) is 10.0 Å². The van der Waals surface area contributed by atoms with Gasteiger partial charge in [0, 0.05) is 22.5 Å². The Hall–Kier alpha value is -2.71. The monoisotopic (exact) mass is 375 g/mol. The molecule has 3 aromatic rings. The molecule has 0 aliphatic heterocycles. The molecular formula is C16H14ClN5O2S. The molecule has 0 aliphatic carbocycles. The summed E-state index contributed by atoms with van der Waals surface area (Å²) in [6, 6.07) is 8.50. The van der Waals surface area contributed by atoms with Crippen molar-refractivity contribution in [1.29, 1.82) is 0 Å². The predicted octanol–water partition coefficient (Wildman–Crippen LogP) is 2.90. The lowest BCUT2D eigenvalue weighted by atomic mass is 10.1. The first-order chi connectivity index (χ1) is 12.0. The summed E-state index contributed by atoms with van der Waals surface area (Å²) >= 11 is 7.21. The molecule has 3 rings (SSSR count). The maximum absolute atomic E-state index is 12.1. The van der Waals surface area contributed by atoms with Crippen molar-refractivity contribution in [2.24, 2.45) is 5.16 Å². The Morgan fingerprint density at radius 2 is 2.20 bits per heavy atom. The van der Waals surface area contributed by atoms with Crippen LogP contribution < -0.4 is 11.1 Å². The molecule has 1 amide bonds. The van der Waals surface area contributed by atoms with Crippen LogP contribution in [-0.4, -0.2) is 33.3 Å². The van der Waals surface area contributed by atoms with Gasteiger partial charge in [0.05, 0.1) is 4.88 Å². The number of halogens is 1. The van der Waals surface area contributed by atoms with E-state index in [1.165, 1.54) is 11.3 Å². The normalized spacial score (nSPS) is 11.7. The molecule has 0 unspecified atom stereocenters. The van der Waals surface area contributed by atoms with E-state index in [2.05, 4.69) is 20.4 Å². The standard InChI is InChI=1S/C16H14ClN5O2S/c1-2-19-14(23)11-7-10-13(20-16(18)21-15(10)25-11)12(22-24)8-4-3-5-9(17)6-8/h3-7,24H,2H2,1H3,(H,19,23)(H2,18,20,21)/b22-12-. The number of hydrogen-bond donors (Lipinski definition) is 3. The molecule has 25 heavy (non-hydrogen) atoms. The van der Waals surface area contributed by atoms with Gasteiger partial charge in [0.25, 0.3) is 5.91 Å². The molecule has 0 spiro atoms. The Kier molecular flexibility index (Phi) is 4.82. The molecule has 2 heterocycles. The minimum atomic E-state index is -0.208. The number of fused-ring (bicyclic) bond motifs is 1. The highest BCUT2D eigenvalue weighted by Crippen LogP contribution is 2.29. The molecule has 4 N–H and O–H groups in total. The van der Waals surface area contributed by atoms with E-state index < -0.39 is 0 Å². The third kappa shape index (κ3) is 3.40. The number of nitrogens with two attached hydrogens (primary N) is 1. The van der Waals surface area contributed by atoms with Crippen molar-refractivity contribution in [1.82, 2.24) is 15.3 Å². The van der Waals surface area contributed by atoms with Gasteiger partial charge in [0.1, 0.15) is 16.2 Å². The number of anilines is 1. The van der Waals surface area contributed by atoms with Gasteiger partial charge in [-0.25, -0.2) is 9.97 Å². The highest BCUT2D eigenvalue weighted by atomic mass is 35.5. The highest BCUT2D eigenvalue weighted by Gasteiger charge is 2.19. The summed E-state index contributed by atoms with van der Waals surface area (Å²) < 4.78 is 0. The molecule has 0 bridgehead atoms. The van der Waals surface area contributed by atoms with E-state index in [1.54, 1.807) is 30.3 Å². The topological polar surface area (TPSA) is 113 Å². The number of aromatic nitrogens is 2. The van der Waals surface area contributed by atoms with Crippen molar-refractivity contribution < 1.29 is 10.0 Å². The van der Waals surface area contributed by atoms with Gasteiger partial charge in [-0.2, -0.15) is 0 Å². The molecule has 0 radical (unpaired) electrons. The fourth-order valence-electron chi connectivity index (χ4n) is 2.36. The van der Waals surface area contributed by atoms with Gasteiger partial charge in [-0.05, 0) is 25.1 Å². The first-order valence-corrected chi connectivity index (χ1v) is 8.56. The van der Waals surface area contributed by atoms with E-state index in [-0.39, 0.29) is 17.6 Å². The highest BCUT2D eigenvalue weighted by molar-refractivity contribution is 7.20. The van der Waals surface area contributed by atoms with Crippen LogP contribution in [0.2, 0.25) is 5.02 Å². The van der Waals surface area contributed by atoms with Gasteiger partial charge in [-0.3, -0.25) is 4.79 Å². The van der Waals surface area contributed by atoms with Crippen LogP contribution in [0.5, 0.6) is 0 Å². The minimum absolute atomic E-state index is 0.0231. The van der Waals surface area contributed by atoms with Crippen molar-refractivity contribution in [3.05, 3.63) is 51.5 Å². The van der Waals surface area contributed by atoms with Gasteiger partial charge in [0.15, 0.2) is 0 Å². The predicted molar refractivity (Wildman–Crippen MR) is 98.7 cm³/mol. The molecule has 0 aliphatic rings. The van der Waals surface area contributed by atoms with Crippen molar-refractivity contribution in [2.75, 3.05) is 12.3 Å². The van der Waals surface area contributed by atoms with Crippen LogP contribution in [0, 0.1) is 0 Å². The van der Waals surface area contributed by atoms with Gasteiger partial charge in [0.2, 0.25) is 5.95 Å². The molecule has 1 aromatic carbocycles. The largest absolute Gasteiger partial charge is 0.410 e. The zero-order valence-electron chi connectivity index (χ0n) is 13.2. The summed E-state index contributed by atoms with van der Waals surface area (Å²) in [5, 5.41) is 16.7. The zero-order chi connectivity index (χ0) is 18.0. The fourth-order valence-corrected chi connectivity index (χ4v) is 3.50. The average molecular weight is 376 g/mol. The molecule has 0 saturated heterocycles. The Morgan fingerprint density at radius 3 is 2.88 bits per heavy atom. The van der Waals surface area contributed by atoms with E-state index in [0.29, 0.717) is 37.9 Å². The molecule has 9 heteroatoms. The summed E-state index contributed by atoms with van der Waals surface area (Å²) in [5.41, 5.74) is 6.89. The number of carbonyl (C=O) groups is 1. The summed E-state index contributed by atoms with van der Waals surface area (Å²) in [5.74, 6) is -0.185. The van der Waals surface area contributed by atoms with E-state index in [0.717, 1.165) is 0 Å². The van der Waals surface area contributed by atoms with Crippen LogP contribution in [0.25, 0.3) is 10.2 Å². The quantitative estimate of drug-likeness (QED) is 0.368. The number of amides is 1. The summed E-state index contributed by atoms with van der Waals surface area (Å²) in [6.45, 7) is 2.35. The molecule has 128 valence electrons. The fraction of sp³-hybridized carbons (Fsp3) is 0.125. The number of nitrogens with zero attached hydrogens (tertiary/aromatic N) is 3. The second kappa shape index (κ2) is 7.04. The van der Waals surface area contributed by atoms with E-state index in [4.69, 9.17) is 17.3 Å². The molecule has 7 nitrogen and oxygen atoms in total. The molecule has 0 atom stereocenters. The number of thiophene rings is 1. The van der Waals surface area contributed by atoms with Gasteiger partial charge in [-0.1, -0.05) is 28.9 Å². The van der Waals surface area contributed by atoms with Crippen molar-refractivity contribution in [2.45, 2.75) is 6.92 Å².